The molecule has 0 bridgehead atoms. The van der Waals surface area contributed by atoms with E-state index in [1.165, 1.54) is 17.0 Å². The number of amides is 3. The Morgan fingerprint density at radius 1 is 1.10 bits per heavy atom. The zero-order valence-corrected chi connectivity index (χ0v) is 29.0. The van der Waals surface area contributed by atoms with Gasteiger partial charge in [-0.3, -0.25) is 4.79 Å². The molecule has 256 valence electrons. The summed E-state index contributed by atoms with van der Waals surface area (Å²) in [4.78, 5) is 31.3. The van der Waals surface area contributed by atoms with Gasteiger partial charge in [-0.15, -0.1) is 0 Å². The van der Waals surface area contributed by atoms with Crippen LogP contribution in [-0.2, 0) is 21.3 Å². The molecular weight excluding hydrogens is 667 g/mol. The van der Waals surface area contributed by atoms with Crippen molar-refractivity contribution in [2.75, 3.05) is 17.2 Å². The quantitative estimate of drug-likeness (QED) is 0.106. The summed E-state index contributed by atoms with van der Waals surface area (Å²) in [6.07, 6.45) is 3.50. The van der Waals surface area contributed by atoms with Gasteiger partial charge in [0.2, 0.25) is 5.91 Å². The van der Waals surface area contributed by atoms with Gasteiger partial charge in [-0.2, -0.15) is 5.26 Å². The van der Waals surface area contributed by atoms with Gasteiger partial charge >= 0.3 is 6.03 Å². The summed E-state index contributed by atoms with van der Waals surface area (Å²) in [6.45, 7) is 5.53. The summed E-state index contributed by atoms with van der Waals surface area (Å²) in [5.41, 5.74) is 9.93. The maximum absolute atomic E-state index is 15.6. The monoisotopic (exact) mass is 704 g/mol. The second-order valence-corrected chi connectivity index (χ2v) is 15.8. The first-order chi connectivity index (χ1) is 23.3. The molecule has 4 atom stereocenters. The minimum Gasteiger partial charge on any atom is -0.322 e. The summed E-state index contributed by atoms with van der Waals surface area (Å²) in [5.74, 6) is -0.878. The number of hydrogen-bond acceptors (Lipinski definition) is 5. The van der Waals surface area contributed by atoms with E-state index in [1.807, 2.05) is 26.8 Å². The van der Waals surface area contributed by atoms with Crippen molar-refractivity contribution in [2.45, 2.75) is 75.2 Å². The van der Waals surface area contributed by atoms with Gasteiger partial charge in [0.05, 0.1) is 44.6 Å². The molecule has 3 N–H and O–H groups in total. The molecule has 1 aliphatic heterocycles. The van der Waals surface area contributed by atoms with Gasteiger partial charge < -0.3 is 15.5 Å². The number of anilines is 2. The van der Waals surface area contributed by atoms with Crippen LogP contribution in [0.15, 0.2) is 71.8 Å². The maximum Gasteiger partial charge on any atom is 0.322 e. The Kier molecular flexibility index (Phi) is 10.9. The Morgan fingerprint density at radius 2 is 1.82 bits per heavy atom. The molecule has 2 aliphatic rings. The van der Waals surface area contributed by atoms with E-state index in [4.69, 9.17) is 17.1 Å². The third kappa shape index (κ3) is 8.58. The summed E-state index contributed by atoms with van der Waals surface area (Å²) in [6, 6.07) is 17.7. The number of urea groups is 1. The largest absolute Gasteiger partial charge is 0.322 e. The van der Waals surface area contributed by atoms with Crippen LogP contribution < -0.4 is 15.4 Å². The van der Waals surface area contributed by atoms with Crippen molar-refractivity contribution >= 4 is 45.9 Å². The number of benzene rings is 3. The van der Waals surface area contributed by atoms with E-state index in [2.05, 4.69) is 31.5 Å². The topological polar surface area (TPSA) is 163 Å². The third-order valence-electron chi connectivity index (χ3n) is 8.80. The Labute approximate surface area is 292 Å². The van der Waals surface area contributed by atoms with Crippen molar-refractivity contribution in [3.05, 3.63) is 105 Å². The van der Waals surface area contributed by atoms with Crippen LogP contribution in [0.3, 0.4) is 0 Å². The first-order valence-electron chi connectivity index (χ1n) is 16.0. The first kappa shape index (κ1) is 35.8. The molecule has 3 aromatic carbocycles. The van der Waals surface area contributed by atoms with E-state index in [0.29, 0.717) is 39.7 Å². The first-order valence-corrected chi connectivity index (χ1v) is 17.5. The number of likely N-dealkylation sites (tertiary alicyclic amines) is 1. The minimum absolute atomic E-state index is 0.0217. The number of rotatable bonds is 11. The van der Waals surface area contributed by atoms with Gasteiger partial charge in [-0.05, 0) is 111 Å². The summed E-state index contributed by atoms with van der Waals surface area (Å²) >= 11 is 5.96. The minimum atomic E-state index is -1.58. The fourth-order valence-corrected chi connectivity index (χ4v) is 6.98. The van der Waals surface area contributed by atoms with Crippen LogP contribution in [0, 0.1) is 23.1 Å². The van der Waals surface area contributed by atoms with Crippen LogP contribution in [-0.4, -0.2) is 44.4 Å². The van der Waals surface area contributed by atoms with Crippen molar-refractivity contribution in [1.82, 2.24) is 9.62 Å². The molecule has 2 fully saturated rings. The normalized spacial score (nSPS) is 19.2. The Morgan fingerprint density at radius 3 is 2.47 bits per heavy atom. The smallest absolute Gasteiger partial charge is 0.322 e. The molecule has 5 rings (SSSR count). The van der Waals surface area contributed by atoms with Gasteiger partial charge in [0.1, 0.15) is 11.9 Å². The number of nitrogens with zero attached hydrogens (tertiary/aromatic N) is 5. The summed E-state index contributed by atoms with van der Waals surface area (Å²) in [5, 5.41) is 19.4. The predicted molar refractivity (Wildman–Crippen MR) is 188 cm³/mol. The third-order valence-corrected chi connectivity index (χ3v) is 10.7. The molecule has 3 aromatic rings. The van der Waals surface area contributed by atoms with Crippen LogP contribution in [0.1, 0.15) is 69.6 Å². The highest BCUT2D eigenvalue weighted by atomic mass is 35.5. The molecule has 1 aliphatic carbocycles. The molecule has 1 saturated carbocycles. The summed E-state index contributed by atoms with van der Waals surface area (Å²) < 4.78 is 32.1. The van der Waals surface area contributed by atoms with E-state index in [-0.39, 0.29) is 18.7 Å². The van der Waals surface area contributed by atoms with E-state index >= 15 is 4.39 Å². The average Bonchev–Trinajstić information content (AvgIpc) is 3.81. The van der Waals surface area contributed by atoms with Gasteiger partial charge in [0, 0.05) is 22.2 Å². The fourth-order valence-electron chi connectivity index (χ4n) is 5.89. The van der Waals surface area contributed by atoms with E-state index in [0.717, 1.165) is 19.3 Å². The second-order valence-electron chi connectivity index (χ2n) is 13.4. The number of azide groups is 1. The van der Waals surface area contributed by atoms with Crippen LogP contribution in [0.4, 0.5) is 20.6 Å². The number of hydrogen-bond donors (Lipinski definition) is 3. The van der Waals surface area contributed by atoms with Crippen molar-refractivity contribution in [3.63, 3.8) is 0 Å². The predicted octanol–water partition coefficient (Wildman–Crippen LogP) is 7.76. The molecule has 1 unspecified atom stereocenters. The SMILES string of the molecule is CC(C)(C)[S@@](=O)NC(CCC1CC1)(c1cccc(C#N)c1)c1ccc(F)c(NC(=O)[C@H]2C[C@@H](N=[N+]=[N-])CN2C(=O)Nc2ccc(Cl)cc2)c1. The lowest BCUT2D eigenvalue weighted by molar-refractivity contribution is -0.119. The zero-order chi connectivity index (χ0) is 35.3. The van der Waals surface area contributed by atoms with Gasteiger partial charge in [-0.25, -0.2) is 18.1 Å². The molecule has 14 heteroatoms. The lowest BCUT2D eigenvalue weighted by Gasteiger charge is -2.38. The standard InChI is InChI=1S/C35H38ClFN8O3S/c1-34(2,3)49(48)43-35(16-15-22-7-8-22,24-6-4-5-23(17-24)20-38)25-9-14-29(37)30(18-25)41-32(46)31-19-28(42-44-39)21-45(31)33(47)40-27-12-10-26(36)11-13-27/h4-6,9-14,17-18,22,28,31,43H,7-8,15-16,19,21H2,1-3H3,(H,40,47)(H,41,46)/t28-,31-,35?,49-/m1/s1. The molecule has 0 radical (unpaired) electrons. The van der Waals surface area contributed by atoms with E-state index in [9.17, 15) is 19.1 Å². The molecular formula is C35H38ClFN8O3S. The van der Waals surface area contributed by atoms with E-state index in [1.54, 1.807) is 48.5 Å². The Balaban J connectivity index is 1.51. The van der Waals surface area contributed by atoms with Gasteiger partial charge in [0.25, 0.3) is 0 Å². The van der Waals surface area contributed by atoms with Gasteiger partial charge in [0.15, 0.2) is 0 Å². The van der Waals surface area contributed by atoms with Crippen LogP contribution in [0.5, 0.6) is 0 Å². The highest BCUT2D eigenvalue weighted by Crippen LogP contribution is 2.43. The highest BCUT2D eigenvalue weighted by Gasteiger charge is 2.42. The van der Waals surface area contributed by atoms with Crippen molar-refractivity contribution in [2.24, 2.45) is 11.0 Å². The summed E-state index contributed by atoms with van der Waals surface area (Å²) in [7, 11) is -1.58. The number of carbonyl (C=O) groups excluding carboxylic acids is 2. The molecule has 11 nitrogen and oxygen atoms in total. The lowest BCUT2D eigenvalue weighted by Crippen LogP contribution is -2.49. The Bertz CT molecular complexity index is 1840. The van der Waals surface area contributed by atoms with Crippen LogP contribution >= 0.6 is 11.6 Å². The van der Waals surface area contributed by atoms with Crippen molar-refractivity contribution in [3.8, 4) is 6.07 Å². The van der Waals surface area contributed by atoms with Crippen LogP contribution in [0.25, 0.3) is 10.4 Å². The average molecular weight is 705 g/mol. The number of nitriles is 1. The molecule has 1 heterocycles. The second kappa shape index (κ2) is 15.0. The Hall–Kier alpha value is -4.47. The highest BCUT2D eigenvalue weighted by molar-refractivity contribution is 7.84. The molecule has 49 heavy (non-hydrogen) atoms. The van der Waals surface area contributed by atoms with Crippen molar-refractivity contribution < 1.29 is 18.2 Å². The van der Waals surface area contributed by atoms with Crippen LogP contribution in [0.2, 0.25) is 5.02 Å². The van der Waals surface area contributed by atoms with Gasteiger partial charge in [-0.1, -0.05) is 47.8 Å². The van der Waals surface area contributed by atoms with E-state index < -0.39 is 51.1 Å². The number of carbonyl (C=O) groups is 2. The zero-order valence-electron chi connectivity index (χ0n) is 27.5. The van der Waals surface area contributed by atoms with Crippen molar-refractivity contribution in [1.29, 1.82) is 5.26 Å². The fraction of sp³-hybridized carbons (Fsp3) is 0.400. The number of nitrogens with one attached hydrogen (secondary N) is 3. The molecule has 3 amide bonds. The molecule has 0 spiro atoms. The molecule has 0 aromatic heterocycles. The maximum atomic E-state index is 15.6. The molecule has 1 saturated heterocycles. The number of halogens is 2. The lowest BCUT2D eigenvalue weighted by atomic mass is 9.79.